The van der Waals surface area contributed by atoms with Crippen LogP contribution in [0.15, 0.2) is 30.3 Å². The summed E-state index contributed by atoms with van der Waals surface area (Å²) in [5, 5.41) is 1.20. The van der Waals surface area contributed by atoms with Gasteiger partial charge >= 0.3 is 0 Å². The number of hydrogen-bond acceptors (Lipinski definition) is 0. The predicted molar refractivity (Wildman–Crippen MR) is 59.0 cm³/mol. The molecule has 14 heavy (non-hydrogen) atoms. The van der Waals surface area contributed by atoms with E-state index in [1.165, 1.54) is 10.9 Å². The van der Waals surface area contributed by atoms with E-state index in [1.54, 1.807) is 4.68 Å². The number of benzene rings is 1. The van der Waals surface area contributed by atoms with Gasteiger partial charge in [-0.2, -0.15) is 0 Å². The molecule has 0 atom stereocenters. The highest BCUT2D eigenvalue weighted by Gasteiger charge is 2.11. The second kappa shape index (κ2) is 2.64. The maximum atomic E-state index is 7.98. The molecule has 3 rings (SSSR count). The van der Waals surface area contributed by atoms with E-state index in [0.29, 0.717) is 0 Å². The molecule has 0 amide bonds. The van der Waals surface area contributed by atoms with Crippen molar-refractivity contribution in [2.24, 2.45) is 0 Å². The molecule has 0 aliphatic heterocycles. The Morgan fingerprint density at radius 1 is 1.21 bits per heavy atom. The van der Waals surface area contributed by atoms with Gasteiger partial charge < -0.3 is 10.5 Å². The molecule has 0 spiro atoms. The van der Waals surface area contributed by atoms with E-state index < -0.39 is 0 Å². The maximum Gasteiger partial charge on any atom is 0.0350 e. The zero-order valence-electron chi connectivity index (χ0n) is 7.83. The molecule has 2 aromatic rings. The first kappa shape index (κ1) is 7.68. The van der Waals surface area contributed by atoms with Crippen molar-refractivity contribution in [3.05, 3.63) is 47.4 Å². The van der Waals surface area contributed by atoms with Gasteiger partial charge in [-0.3, -0.25) is 0 Å². The number of nitrogens with one attached hydrogen (secondary N) is 1. The third kappa shape index (κ3) is 0.854. The zero-order valence-corrected chi connectivity index (χ0v) is 7.83. The molecule has 0 fully saturated rings. The Bertz CT molecular complexity index is 520. The van der Waals surface area contributed by atoms with E-state index in [4.69, 9.17) is 5.84 Å². The van der Waals surface area contributed by atoms with Crippen molar-refractivity contribution < 1.29 is 0 Å². The number of para-hydroxylation sites is 1. The van der Waals surface area contributed by atoms with Gasteiger partial charge in [-0.1, -0.05) is 30.4 Å². The lowest BCUT2D eigenvalue weighted by Gasteiger charge is -2.14. The second-order valence-corrected chi connectivity index (χ2v) is 3.65. The summed E-state index contributed by atoms with van der Waals surface area (Å²) in [5.41, 5.74) is 3.40. The Morgan fingerprint density at radius 3 is 3.00 bits per heavy atom. The average molecular weight is 183 g/mol. The van der Waals surface area contributed by atoms with E-state index in [-0.39, 0.29) is 0 Å². The first-order chi connectivity index (χ1) is 6.88. The largest absolute Gasteiger partial charge is 0.631 e. The normalized spacial score (nSPS) is 14.6. The minimum Gasteiger partial charge on any atom is -0.631 e. The van der Waals surface area contributed by atoms with E-state index in [1.807, 2.05) is 18.2 Å². The molecule has 0 saturated heterocycles. The zero-order chi connectivity index (χ0) is 9.54. The molecule has 0 unspecified atom stereocenters. The van der Waals surface area contributed by atoms with Gasteiger partial charge in [-0.25, -0.2) is 0 Å². The van der Waals surface area contributed by atoms with Crippen molar-refractivity contribution in [3.63, 3.8) is 0 Å². The highest BCUT2D eigenvalue weighted by atomic mass is 15.3. The lowest BCUT2D eigenvalue weighted by Crippen LogP contribution is -1.96. The fraction of sp³-hybridized carbons (Fsp3) is 0.167. The van der Waals surface area contributed by atoms with E-state index in [9.17, 15) is 0 Å². The Kier molecular flexibility index (Phi) is 1.45. The Labute approximate surface area is 82.6 Å². The summed E-state index contributed by atoms with van der Waals surface area (Å²) in [7, 11) is 0. The third-order valence-corrected chi connectivity index (χ3v) is 2.85. The molecule has 2 heteroatoms. The third-order valence-electron chi connectivity index (χ3n) is 2.85. The van der Waals surface area contributed by atoms with Crippen LogP contribution in [0.25, 0.3) is 22.8 Å². The lowest BCUT2D eigenvalue weighted by molar-refractivity contribution is 0.892. The number of allylic oxidation sites excluding steroid dienone is 1. The average Bonchev–Trinajstić information content (AvgIpc) is 2.55. The van der Waals surface area contributed by atoms with Crippen LogP contribution in [0.2, 0.25) is 0 Å². The van der Waals surface area contributed by atoms with Crippen molar-refractivity contribution in [2.45, 2.75) is 12.8 Å². The minimum absolute atomic E-state index is 0.990. The van der Waals surface area contributed by atoms with Gasteiger partial charge in [0.05, 0.1) is 0 Å². The highest BCUT2D eigenvalue weighted by Crippen LogP contribution is 2.30. The van der Waals surface area contributed by atoms with Crippen molar-refractivity contribution in [1.82, 2.24) is 4.68 Å². The van der Waals surface area contributed by atoms with Crippen LogP contribution in [0, 0.1) is 0 Å². The van der Waals surface area contributed by atoms with Gasteiger partial charge in [0.15, 0.2) is 0 Å². The van der Waals surface area contributed by atoms with Crippen LogP contribution < -0.4 is 0 Å². The molecule has 0 bridgehead atoms. The first-order valence-electron chi connectivity index (χ1n) is 4.88. The summed E-state index contributed by atoms with van der Waals surface area (Å²) in [5.74, 6) is 7.98. The number of fused-ring (bicyclic) bond motifs is 3. The van der Waals surface area contributed by atoms with Crippen molar-refractivity contribution in [3.8, 4) is 0 Å². The van der Waals surface area contributed by atoms with Crippen LogP contribution in [-0.4, -0.2) is 4.68 Å². The standard InChI is InChI=1S/C12H11N2/c13-14-11-7-3-1-5-9(11)10-6-2-4-8-12(10)14/h1-3,5-7,13H,4,8H2/q-1. The van der Waals surface area contributed by atoms with E-state index in [0.717, 1.165) is 24.1 Å². The molecule has 1 aliphatic rings. The molecule has 70 valence electrons. The lowest BCUT2D eigenvalue weighted by atomic mass is 10.0. The SMILES string of the molecule is [NH-]n1c2c(c3ccccc31)C=CCC2. The summed E-state index contributed by atoms with van der Waals surface area (Å²) in [6.07, 6.45) is 6.38. The summed E-state index contributed by atoms with van der Waals surface area (Å²) in [4.78, 5) is 0. The number of nitrogens with zero attached hydrogens (tertiary/aromatic N) is 1. The minimum atomic E-state index is 0.990. The summed E-state index contributed by atoms with van der Waals surface area (Å²) >= 11 is 0. The Balaban J connectivity index is 2.48. The van der Waals surface area contributed by atoms with Crippen LogP contribution in [0.1, 0.15) is 17.7 Å². The van der Waals surface area contributed by atoms with Gasteiger partial charge in [0.2, 0.25) is 0 Å². The molecule has 1 aliphatic carbocycles. The first-order valence-corrected chi connectivity index (χ1v) is 4.88. The van der Waals surface area contributed by atoms with Crippen molar-refractivity contribution in [2.75, 3.05) is 0 Å². The van der Waals surface area contributed by atoms with Crippen LogP contribution in [-0.2, 0) is 6.42 Å². The fourth-order valence-corrected chi connectivity index (χ4v) is 2.17. The molecule has 2 nitrogen and oxygen atoms in total. The number of rotatable bonds is 0. The molecule has 1 heterocycles. The highest BCUT2D eigenvalue weighted by molar-refractivity contribution is 5.92. The van der Waals surface area contributed by atoms with Crippen LogP contribution >= 0.6 is 0 Å². The number of hydrogen-bond donors (Lipinski definition) is 0. The summed E-state index contributed by atoms with van der Waals surface area (Å²) in [6, 6.07) is 8.12. The molecular weight excluding hydrogens is 172 g/mol. The van der Waals surface area contributed by atoms with Crippen LogP contribution in [0.5, 0.6) is 0 Å². The van der Waals surface area contributed by atoms with Gasteiger partial charge in [0.1, 0.15) is 0 Å². The topological polar surface area (TPSA) is 28.7 Å². The van der Waals surface area contributed by atoms with Crippen molar-refractivity contribution >= 4 is 17.0 Å². The van der Waals surface area contributed by atoms with Gasteiger partial charge in [0, 0.05) is 22.2 Å². The monoisotopic (exact) mass is 183 g/mol. The molecule has 0 radical (unpaired) electrons. The molecule has 0 saturated carbocycles. The van der Waals surface area contributed by atoms with Gasteiger partial charge in [-0.15, -0.1) is 0 Å². The van der Waals surface area contributed by atoms with Gasteiger partial charge in [0.25, 0.3) is 0 Å². The Morgan fingerprint density at radius 2 is 2.07 bits per heavy atom. The summed E-state index contributed by atoms with van der Waals surface area (Å²) < 4.78 is 1.58. The molecule has 1 N–H and O–H groups in total. The molecular formula is C12H11N2-. The van der Waals surface area contributed by atoms with Crippen molar-refractivity contribution in [1.29, 1.82) is 0 Å². The quantitative estimate of drug-likeness (QED) is 0.599. The fourth-order valence-electron chi connectivity index (χ4n) is 2.17. The molecule has 1 aromatic carbocycles. The predicted octanol–water partition coefficient (Wildman–Crippen LogP) is 3.42. The Hall–Kier alpha value is -1.70. The smallest absolute Gasteiger partial charge is 0.0350 e. The summed E-state index contributed by atoms with van der Waals surface area (Å²) in [6.45, 7) is 0. The maximum absolute atomic E-state index is 7.98. The molecule has 1 aromatic heterocycles. The van der Waals surface area contributed by atoms with Gasteiger partial charge in [-0.05, 0) is 18.9 Å². The van der Waals surface area contributed by atoms with Crippen LogP contribution in [0.4, 0.5) is 0 Å². The van der Waals surface area contributed by atoms with Crippen LogP contribution in [0.3, 0.4) is 0 Å². The van der Waals surface area contributed by atoms with E-state index in [2.05, 4.69) is 18.2 Å². The van der Waals surface area contributed by atoms with E-state index >= 15 is 0 Å². The second-order valence-electron chi connectivity index (χ2n) is 3.65. The number of aromatic nitrogens is 1.